The number of benzene rings is 4. The third kappa shape index (κ3) is 30.4. The first-order valence-corrected chi connectivity index (χ1v) is 20.7. The molecule has 0 aromatic heterocycles. The Kier molecular flexibility index (Phi) is 30.4. The average Bonchev–Trinajstić information content (AvgIpc) is 3.21. The van der Waals surface area contributed by atoms with Gasteiger partial charge in [0, 0.05) is 29.1 Å². The van der Waals surface area contributed by atoms with E-state index in [1.54, 1.807) is 52.2 Å². The molecule has 0 unspecified atom stereocenters. The predicted molar refractivity (Wildman–Crippen MR) is 259 cm³/mol. The Hall–Kier alpha value is -4.72. The van der Waals surface area contributed by atoms with E-state index in [1.807, 2.05) is 146 Å². The monoisotopic (exact) mass is 900 g/mol. The summed E-state index contributed by atoms with van der Waals surface area (Å²) >= 11 is 0. The van der Waals surface area contributed by atoms with E-state index in [1.165, 1.54) is 28.9 Å². The maximum absolute atomic E-state index is 12.0. The summed E-state index contributed by atoms with van der Waals surface area (Å²) in [6.07, 6.45) is 12.1. The fourth-order valence-corrected chi connectivity index (χ4v) is 4.53. The molecule has 4 aromatic carbocycles. The van der Waals surface area contributed by atoms with Crippen molar-refractivity contribution in [1.29, 1.82) is 0 Å². The number of ether oxygens (including phenoxy) is 4. The van der Waals surface area contributed by atoms with Gasteiger partial charge >= 0.3 is 57.4 Å². The molecule has 0 fully saturated rings. The van der Waals surface area contributed by atoms with Gasteiger partial charge in [-0.1, -0.05) is 85.0 Å². The Morgan fingerprint density at radius 1 is 0.672 bits per heavy atom. The number of nitrogens with one attached hydrogen (secondary N) is 1. The van der Waals surface area contributed by atoms with Crippen LogP contribution >= 0.6 is 0 Å². The van der Waals surface area contributed by atoms with E-state index in [9.17, 15) is 19.8 Å². The smallest absolute Gasteiger partial charge is 0.850 e. The summed E-state index contributed by atoms with van der Waals surface area (Å²) in [6, 6.07) is 26.4. The molecule has 0 bridgehead atoms. The molecule has 11 heteroatoms. The second-order valence-corrected chi connectivity index (χ2v) is 16.1. The van der Waals surface area contributed by atoms with Crippen LogP contribution < -0.4 is 81.8 Å². The fraction of sp³-hybridized carbons (Fsp3) is 0.321. The first kappa shape index (κ1) is 59.3. The summed E-state index contributed by atoms with van der Waals surface area (Å²) in [6.45, 7) is 22.0. The van der Waals surface area contributed by atoms with Crippen molar-refractivity contribution in [2.75, 3.05) is 38.0 Å². The van der Waals surface area contributed by atoms with Gasteiger partial charge in [0.2, 0.25) is 5.91 Å². The van der Waals surface area contributed by atoms with Crippen molar-refractivity contribution in [2.24, 2.45) is 0 Å². The number of esters is 1. The summed E-state index contributed by atoms with van der Waals surface area (Å²) < 4.78 is 21.8. The third-order valence-corrected chi connectivity index (χ3v) is 7.86. The number of hydrogen-bond acceptors (Lipinski definition) is 9. The zero-order valence-electron chi connectivity index (χ0n) is 40.3. The molecule has 0 atom stereocenters. The van der Waals surface area contributed by atoms with Crippen molar-refractivity contribution in [2.45, 2.75) is 88.4 Å². The second-order valence-electron chi connectivity index (χ2n) is 16.1. The molecule has 10 nitrogen and oxygen atoms in total. The van der Waals surface area contributed by atoms with Crippen LogP contribution in [0.1, 0.15) is 90.1 Å². The van der Waals surface area contributed by atoms with Crippen LogP contribution in [0.15, 0.2) is 132 Å². The first-order valence-electron chi connectivity index (χ1n) is 20.7. The maximum Gasteiger partial charge on any atom is 1.00 e. The summed E-state index contributed by atoms with van der Waals surface area (Å²) in [5.41, 5.74) is 14.5. The van der Waals surface area contributed by atoms with E-state index in [-0.39, 0.29) is 70.5 Å². The SMILES string of the molecule is CC(C)(C)[O-].CC(C)=CCOC(=O)/C=C/c1ccc(OCC=C(C)C)c(CO)c1.COc1cc(/C=C/C(=O)Nc2ccc(C)cc2)ccc1OCC=C(C)C.Cc1ccc(N)cc1.[K+]. The van der Waals surface area contributed by atoms with Gasteiger partial charge in [-0.3, -0.25) is 4.79 Å². The number of methoxy groups -OCH3 is 1. The molecule has 1 amide bonds. The molecule has 0 aliphatic carbocycles. The number of amides is 1. The van der Waals surface area contributed by atoms with Gasteiger partial charge in [-0.25, -0.2) is 4.79 Å². The summed E-state index contributed by atoms with van der Waals surface area (Å²) in [7, 11) is 1.60. The Bertz CT molecular complexity index is 2110. The van der Waals surface area contributed by atoms with Crippen molar-refractivity contribution in [3.63, 3.8) is 0 Å². The van der Waals surface area contributed by atoms with E-state index in [2.05, 4.69) is 5.32 Å². The van der Waals surface area contributed by atoms with E-state index in [0.29, 0.717) is 36.0 Å². The van der Waals surface area contributed by atoms with E-state index >= 15 is 0 Å². The van der Waals surface area contributed by atoms with E-state index in [0.717, 1.165) is 33.6 Å². The molecule has 4 aromatic rings. The molecule has 0 saturated heterocycles. The molecular weight excluding hydrogens is 832 g/mol. The zero-order chi connectivity index (χ0) is 47.4. The van der Waals surface area contributed by atoms with Gasteiger partial charge in [0.15, 0.2) is 11.5 Å². The van der Waals surface area contributed by atoms with Gasteiger partial charge in [-0.15, -0.1) is 5.60 Å². The molecule has 340 valence electrons. The van der Waals surface area contributed by atoms with E-state index < -0.39 is 11.6 Å². The number of hydrogen-bond donors (Lipinski definition) is 3. The number of rotatable bonds is 15. The summed E-state index contributed by atoms with van der Waals surface area (Å²) in [5, 5.41) is 22.4. The minimum atomic E-state index is -0.750. The van der Waals surface area contributed by atoms with Gasteiger partial charge in [-0.2, -0.15) is 0 Å². The quantitative estimate of drug-likeness (QED) is 0.0357. The van der Waals surface area contributed by atoms with Crippen LogP contribution in [-0.2, 0) is 20.9 Å². The molecule has 0 saturated carbocycles. The Morgan fingerprint density at radius 3 is 1.61 bits per heavy atom. The summed E-state index contributed by atoms with van der Waals surface area (Å²) in [5.74, 6) is 1.36. The van der Waals surface area contributed by atoms with Crippen molar-refractivity contribution in [3.05, 3.63) is 160 Å². The molecule has 4 rings (SSSR count). The number of allylic oxidation sites excluding steroid dienone is 3. The van der Waals surface area contributed by atoms with Gasteiger partial charge in [0.1, 0.15) is 25.6 Å². The number of nitrogens with two attached hydrogens (primary N) is 1. The van der Waals surface area contributed by atoms with Crippen LogP contribution in [0.25, 0.3) is 12.2 Å². The van der Waals surface area contributed by atoms with Crippen LogP contribution in [0.5, 0.6) is 17.2 Å². The standard InChI is InChI=1S/C22H25NO3.C20H26O4.C7H9N.C4H9O.K/c1-16(2)13-14-26-20-11-7-18(15-21(20)25-4)8-12-22(24)23-19-9-5-17(3)6-10-19;1-15(2)9-11-23-19-7-5-17(13-18(19)14-21)6-8-20(22)24-12-10-16(3)4;1-6-2-4-7(8)5-3-6;1-4(2,3)5;/h5-13,15H,14H2,1-4H3,(H,23,24);5-10,13,21H,11-12,14H2,1-4H3;2-5H,8H2,1H3;1-3H3;/q;;;-1;+1/b12-8+;8-6+;;;. The largest absolute Gasteiger partial charge is 1.00 e. The number of carbonyl (C=O) groups is 2. The Labute approximate surface area is 425 Å². The Morgan fingerprint density at radius 2 is 1.12 bits per heavy atom. The van der Waals surface area contributed by atoms with Gasteiger partial charge in [0.05, 0.1) is 13.7 Å². The van der Waals surface area contributed by atoms with Gasteiger partial charge in [-0.05, 0) is 145 Å². The topological polar surface area (TPSA) is 152 Å². The molecule has 0 aliphatic rings. The van der Waals surface area contributed by atoms with Crippen LogP contribution in [0.2, 0.25) is 0 Å². The zero-order valence-corrected chi connectivity index (χ0v) is 43.5. The normalized spacial score (nSPS) is 10.2. The van der Waals surface area contributed by atoms with Gasteiger partial charge in [0.25, 0.3) is 0 Å². The molecule has 0 spiro atoms. The van der Waals surface area contributed by atoms with Crippen LogP contribution in [0, 0.1) is 13.8 Å². The minimum absolute atomic E-state index is 0. The number of nitrogen functional groups attached to an aromatic ring is 1. The molecule has 64 heavy (non-hydrogen) atoms. The molecule has 0 aliphatic heterocycles. The molecule has 0 heterocycles. The summed E-state index contributed by atoms with van der Waals surface area (Å²) in [4.78, 5) is 23.6. The fourth-order valence-electron chi connectivity index (χ4n) is 4.53. The molecule has 4 N–H and O–H groups in total. The molecular formula is C53H69KN2O8. The van der Waals surface area contributed by atoms with Crippen molar-refractivity contribution >= 4 is 35.4 Å². The van der Waals surface area contributed by atoms with Crippen LogP contribution in [-0.4, -0.2) is 49.5 Å². The van der Waals surface area contributed by atoms with Crippen LogP contribution in [0.3, 0.4) is 0 Å². The number of aliphatic hydroxyl groups excluding tert-OH is 1. The van der Waals surface area contributed by atoms with Crippen molar-refractivity contribution in [1.82, 2.24) is 0 Å². The van der Waals surface area contributed by atoms with E-state index in [4.69, 9.17) is 24.7 Å². The average molecular weight is 901 g/mol. The van der Waals surface area contributed by atoms with Gasteiger partial charge < -0.3 is 40.2 Å². The molecule has 0 radical (unpaired) electrons. The van der Waals surface area contributed by atoms with Crippen molar-refractivity contribution in [3.8, 4) is 17.2 Å². The number of aryl methyl sites for hydroxylation is 2. The number of carbonyl (C=O) groups excluding carboxylic acids is 2. The number of anilines is 2. The maximum atomic E-state index is 12.0. The predicted octanol–water partition coefficient (Wildman–Crippen LogP) is 7.77. The Balaban J connectivity index is 0.000000958. The number of aliphatic hydroxyl groups is 1. The van der Waals surface area contributed by atoms with Crippen molar-refractivity contribution < 1.29 is 90.1 Å². The first-order chi connectivity index (χ1) is 29.7. The second kappa shape index (κ2) is 32.9. The van der Waals surface area contributed by atoms with Crippen LogP contribution in [0.4, 0.5) is 11.4 Å². The third-order valence-electron chi connectivity index (χ3n) is 7.86. The minimum Gasteiger partial charge on any atom is -0.850 e.